The molecule has 0 amide bonds. The lowest BCUT2D eigenvalue weighted by molar-refractivity contribution is 0.0407. The zero-order chi connectivity index (χ0) is 12.2. The SMILES string of the molecule is CC.CC(C)N1CCCC12CCN(C)CC2. The molecule has 2 heterocycles. The Kier molecular flexibility index (Phi) is 5.26. The van der Waals surface area contributed by atoms with Crippen molar-refractivity contribution in [2.75, 3.05) is 26.7 Å². The lowest BCUT2D eigenvalue weighted by Gasteiger charge is -2.46. The molecule has 0 aromatic heterocycles. The molecular weight excluding hydrogens is 196 g/mol. The maximum absolute atomic E-state index is 2.76. The van der Waals surface area contributed by atoms with Crippen LogP contribution in [0.4, 0.5) is 0 Å². The predicted octanol–water partition coefficient (Wildman–Crippen LogP) is 2.98. The molecule has 0 bridgehead atoms. The van der Waals surface area contributed by atoms with Crippen molar-refractivity contribution in [2.24, 2.45) is 0 Å². The minimum Gasteiger partial charge on any atom is -0.306 e. The van der Waals surface area contributed by atoms with Gasteiger partial charge >= 0.3 is 0 Å². The van der Waals surface area contributed by atoms with Crippen LogP contribution < -0.4 is 0 Å². The molecule has 0 N–H and O–H groups in total. The molecule has 0 saturated carbocycles. The Morgan fingerprint density at radius 3 is 2.00 bits per heavy atom. The van der Waals surface area contributed by atoms with Crippen molar-refractivity contribution in [1.29, 1.82) is 0 Å². The van der Waals surface area contributed by atoms with Crippen LogP contribution in [0.3, 0.4) is 0 Å². The van der Waals surface area contributed by atoms with Gasteiger partial charge in [0.15, 0.2) is 0 Å². The van der Waals surface area contributed by atoms with Gasteiger partial charge in [0, 0.05) is 11.6 Å². The molecule has 96 valence electrons. The lowest BCUT2D eigenvalue weighted by Crippen LogP contribution is -2.53. The molecule has 2 fully saturated rings. The summed E-state index contributed by atoms with van der Waals surface area (Å²) in [6.07, 6.45) is 5.64. The second kappa shape index (κ2) is 6.02. The van der Waals surface area contributed by atoms with Crippen LogP contribution in [0.15, 0.2) is 0 Å². The summed E-state index contributed by atoms with van der Waals surface area (Å²) >= 11 is 0. The fraction of sp³-hybridized carbons (Fsp3) is 1.00. The van der Waals surface area contributed by atoms with Crippen LogP contribution in [0.1, 0.15) is 53.4 Å². The van der Waals surface area contributed by atoms with E-state index in [0.29, 0.717) is 5.54 Å². The van der Waals surface area contributed by atoms with E-state index in [2.05, 4.69) is 30.7 Å². The highest BCUT2D eigenvalue weighted by atomic mass is 15.3. The number of piperidine rings is 1. The highest BCUT2D eigenvalue weighted by Gasteiger charge is 2.43. The molecule has 2 nitrogen and oxygen atoms in total. The quantitative estimate of drug-likeness (QED) is 0.678. The van der Waals surface area contributed by atoms with Gasteiger partial charge < -0.3 is 4.90 Å². The van der Waals surface area contributed by atoms with E-state index >= 15 is 0 Å². The van der Waals surface area contributed by atoms with Gasteiger partial charge in [-0.25, -0.2) is 0 Å². The van der Waals surface area contributed by atoms with Crippen molar-refractivity contribution >= 4 is 0 Å². The average Bonchev–Trinajstić information content (AvgIpc) is 2.70. The maximum Gasteiger partial charge on any atom is 0.0237 e. The Labute approximate surface area is 102 Å². The lowest BCUT2D eigenvalue weighted by atomic mass is 9.84. The summed E-state index contributed by atoms with van der Waals surface area (Å²) in [5.74, 6) is 0. The topological polar surface area (TPSA) is 6.48 Å². The minimum absolute atomic E-state index is 0.584. The molecule has 0 aromatic carbocycles. The largest absolute Gasteiger partial charge is 0.306 e. The molecule has 2 saturated heterocycles. The second-order valence-corrected chi connectivity index (χ2v) is 5.42. The molecule has 0 atom stereocenters. The fourth-order valence-corrected chi connectivity index (χ4v) is 3.34. The van der Waals surface area contributed by atoms with E-state index in [0.717, 1.165) is 6.04 Å². The van der Waals surface area contributed by atoms with E-state index < -0.39 is 0 Å². The van der Waals surface area contributed by atoms with Crippen LogP contribution >= 0.6 is 0 Å². The smallest absolute Gasteiger partial charge is 0.0237 e. The summed E-state index contributed by atoms with van der Waals surface area (Å²) in [4.78, 5) is 5.24. The van der Waals surface area contributed by atoms with Gasteiger partial charge in [-0.2, -0.15) is 0 Å². The zero-order valence-corrected chi connectivity index (χ0v) is 11.9. The monoisotopic (exact) mass is 226 g/mol. The van der Waals surface area contributed by atoms with Crippen LogP contribution in [-0.4, -0.2) is 48.1 Å². The molecule has 0 radical (unpaired) electrons. The predicted molar refractivity (Wildman–Crippen MR) is 71.9 cm³/mol. The molecule has 2 rings (SSSR count). The Morgan fingerprint density at radius 1 is 0.938 bits per heavy atom. The zero-order valence-electron chi connectivity index (χ0n) is 11.9. The Bertz CT molecular complexity index is 193. The molecule has 16 heavy (non-hydrogen) atoms. The van der Waals surface area contributed by atoms with E-state index in [1.807, 2.05) is 13.8 Å². The standard InChI is InChI=1S/C12H24N2.C2H6/c1-11(2)14-8-4-5-12(14)6-9-13(3)10-7-12;1-2/h11H,4-10H2,1-3H3;1-2H3. The number of hydrogen-bond donors (Lipinski definition) is 0. The Balaban J connectivity index is 0.000000606. The van der Waals surface area contributed by atoms with E-state index in [9.17, 15) is 0 Å². The van der Waals surface area contributed by atoms with Gasteiger partial charge in [0.1, 0.15) is 0 Å². The van der Waals surface area contributed by atoms with E-state index in [1.165, 1.54) is 45.3 Å². The van der Waals surface area contributed by atoms with Crippen molar-refractivity contribution in [3.8, 4) is 0 Å². The van der Waals surface area contributed by atoms with Gasteiger partial charge in [-0.05, 0) is 66.2 Å². The maximum atomic E-state index is 2.76. The highest BCUT2D eigenvalue weighted by Crippen LogP contribution is 2.39. The number of rotatable bonds is 1. The van der Waals surface area contributed by atoms with Crippen LogP contribution in [0.25, 0.3) is 0 Å². The van der Waals surface area contributed by atoms with E-state index in [1.54, 1.807) is 0 Å². The van der Waals surface area contributed by atoms with Gasteiger partial charge in [-0.15, -0.1) is 0 Å². The van der Waals surface area contributed by atoms with Gasteiger partial charge in [0.2, 0.25) is 0 Å². The number of nitrogens with zero attached hydrogens (tertiary/aromatic N) is 2. The molecule has 1 spiro atoms. The molecule has 2 aliphatic heterocycles. The summed E-state index contributed by atoms with van der Waals surface area (Å²) in [5.41, 5.74) is 0.584. The average molecular weight is 226 g/mol. The van der Waals surface area contributed by atoms with Crippen molar-refractivity contribution < 1.29 is 0 Å². The Hall–Kier alpha value is -0.0800. The first-order valence-electron chi connectivity index (χ1n) is 7.09. The first-order chi connectivity index (χ1) is 7.64. The van der Waals surface area contributed by atoms with Crippen LogP contribution in [-0.2, 0) is 0 Å². The molecule has 2 heteroatoms. The summed E-state index contributed by atoms with van der Waals surface area (Å²) in [6.45, 7) is 12.6. The molecule has 0 unspecified atom stereocenters. The minimum atomic E-state index is 0.584. The summed E-state index contributed by atoms with van der Waals surface area (Å²) in [6, 6.07) is 0.737. The van der Waals surface area contributed by atoms with Crippen LogP contribution in [0.2, 0.25) is 0 Å². The number of likely N-dealkylation sites (tertiary alicyclic amines) is 2. The summed E-state index contributed by atoms with van der Waals surface area (Å²) in [5, 5.41) is 0. The first kappa shape index (κ1) is 14.0. The third-order valence-corrected chi connectivity index (χ3v) is 4.19. The van der Waals surface area contributed by atoms with Gasteiger partial charge in [-0.1, -0.05) is 13.8 Å². The van der Waals surface area contributed by atoms with Crippen molar-refractivity contribution in [1.82, 2.24) is 9.80 Å². The van der Waals surface area contributed by atoms with Crippen molar-refractivity contribution in [2.45, 2.75) is 65.0 Å². The van der Waals surface area contributed by atoms with Crippen LogP contribution in [0, 0.1) is 0 Å². The van der Waals surface area contributed by atoms with Crippen molar-refractivity contribution in [3.63, 3.8) is 0 Å². The highest BCUT2D eigenvalue weighted by molar-refractivity contribution is 4.99. The molecule has 0 aliphatic carbocycles. The molecule has 0 aromatic rings. The van der Waals surface area contributed by atoms with Crippen molar-refractivity contribution in [3.05, 3.63) is 0 Å². The third kappa shape index (κ3) is 2.78. The number of hydrogen-bond acceptors (Lipinski definition) is 2. The summed E-state index contributed by atoms with van der Waals surface area (Å²) < 4.78 is 0. The second-order valence-electron chi connectivity index (χ2n) is 5.42. The third-order valence-electron chi connectivity index (χ3n) is 4.19. The first-order valence-corrected chi connectivity index (χ1v) is 7.09. The van der Waals surface area contributed by atoms with Gasteiger partial charge in [0.05, 0.1) is 0 Å². The Morgan fingerprint density at radius 2 is 1.50 bits per heavy atom. The molecular formula is C14H30N2. The normalized spacial score (nSPS) is 25.9. The van der Waals surface area contributed by atoms with E-state index in [4.69, 9.17) is 0 Å². The van der Waals surface area contributed by atoms with Gasteiger partial charge in [0.25, 0.3) is 0 Å². The van der Waals surface area contributed by atoms with E-state index in [-0.39, 0.29) is 0 Å². The van der Waals surface area contributed by atoms with Gasteiger partial charge in [-0.3, -0.25) is 4.90 Å². The molecule has 2 aliphatic rings. The van der Waals surface area contributed by atoms with Crippen LogP contribution in [0.5, 0.6) is 0 Å². The summed E-state index contributed by atoms with van der Waals surface area (Å²) in [7, 11) is 2.25. The fourth-order valence-electron chi connectivity index (χ4n) is 3.34.